The zero-order valence-corrected chi connectivity index (χ0v) is 10.5. The summed E-state index contributed by atoms with van der Waals surface area (Å²) < 4.78 is 5.11. The van der Waals surface area contributed by atoms with Crippen molar-refractivity contribution >= 4 is 23.1 Å². The third kappa shape index (κ3) is 1.84. The van der Waals surface area contributed by atoms with E-state index in [0.29, 0.717) is 28.7 Å². The van der Waals surface area contributed by atoms with E-state index in [-0.39, 0.29) is 5.91 Å². The van der Waals surface area contributed by atoms with Crippen molar-refractivity contribution in [2.24, 2.45) is 0 Å². The first-order chi connectivity index (χ1) is 8.58. The number of benzene rings is 1. The van der Waals surface area contributed by atoms with Gasteiger partial charge < -0.3 is 14.6 Å². The first-order valence-corrected chi connectivity index (χ1v) is 5.45. The van der Waals surface area contributed by atoms with Gasteiger partial charge in [-0.2, -0.15) is 0 Å². The third-order valence-corrected chi connectivity index (χ3v) is 2.78. The summed E-state index contributed by atoms with van der Waals surface area (Å²) in [6.45, 7) is 0. The maximum absolute atomic E-state index is 12.0. The molecule has 1 aromatic carbocycles. The normalized spacial score (nSPS) is 10.4. The lowest BCUT2D eigenvalue weighted by atomic mass is 10.1. The summed E-state index contributed by atoms with van der Waals surface area (Å²) in [4.78, 5) is 27.5. The number of fused-ring (bicyclic) bond motifs is 1. The van der Waals surface area contributed by atoms with Gasteiger partial charge in [0.15, 0.2) is 6.29 Å². The van der Waals surface area contributed by atoms with Gasteiger partial charge in [0.25, 0.3) is 5.91 Å². The highest BCUT2D eigenvalue weighted by Crippen LogP contribution is 2.26. The minimum Gasteiger partial charge on any atom is -0.497 e. The monoisotopic (exact) mass is 246 g/mol. The van der Waals surface area contributed by atoms with Crippen LogP contribution in [0.2, 0.25) is 0 Å². The van der Waals surface area contributed by atoms with Gasteiger partial charge in [-0.05, 0) is 18.2 Å². The number of carbonyl (C=O) groups is 2. The maximum atomic E-state index is 12.0. The highest BCUT2D eigenvalue weighted by molar-refractivity contribution is 6.09. The van der Waals surface area contributed by atoms with E-state index in [4.69, 9.17) is 4.74 Å². The van der Waals surface area contributed by atoms with Crippen LogP contribution in [0.5, 0.6) is 5.75 Å². The van der Waals surface area contributed by atoms with Gasteiger partial charge in [0.2, 0.25) is 0 Å². The molecule has 94 valence electrons. The molecule has 18 heavy (non-hydrogen) atoms. The number of aromatic amines is 1. The summed E-state index contributed by atoms with van der Waals surface area (Å²) in [5, 5.41) is 0.689. The second-order valence-corrected chi connectivity index (χ2v) is 4.14. The number of hydrogen-bond acceptors (Lipinski definition) is 3. The number of methoxy groups -OCH3 is 1. The minimum absolute atomic E-state index is 0.229. The number of aromatic nitrogens is 1. The summed E-state index contributed by atoms with van der Waals surface area (Å²) >= 11 is 0. The number of amides is 1. The average Bonchev–Trinajstić information content (AvgIpc) is 2.74. The Morgan fingerprint density at radius 1 is 1.39 bits per heavy atom. The van der Waals surface area contributed by atoms with Gasteiger partial charge in [-0.1, -0.05) is 0 Å². The van der Waals surface area contributed by atoms with Crippen molar-refractivity contribution in [1.82, 2.24) is 9.88 Å². The Kier molecular flexibility index (Phi) is 3.06. The summed E-state index contributed by atoms with van der Waals surface area (Å²) in [6.07, 6.45) is 0.689. The molecule has 2 aromatic rings. The van der Waals surface area contributed by atoms with Crippen LogP contribution in [0, 0.1) is 0 Å². The Morgan fingerprint density at radius 2 is 2.11 bits per heavy atom. The quantitative estimate of drug-likeness (QED) is 0.838. The molecular weight excluding hydrogens is 232 g/mol. The van der Waals surface area contributed by atoms with Crippen LogP contribution in [0.1, 0.15) is 20.8 Å². The molecule has 0 aliphatic rings. The zero-order chi connectivity index (χ0) is 13.3. The number of nitrogens with zero attached hydrogens (tertiary/aromatic N) is 1. The molecule has 0 spiro atoms. The number of hydrogen-bond donors (Lipinski definition) is 1. The number of rotatable bonds is 3. The van der Waals surface area contributed by atoms with Crippen LogP contribution in [0.4, 0.5) is 0 Å². The number of aldehydes is 1. The summed E-state index contributed by atoms with van der Waals surface area (Å²) in [5.74, 6) is 0.417. The lowest BCUT2D eigenvalue weighted by molar-refractivity contribution is 0.0819. The molecule has 0 radical (unpaired) electrons. The molecule has 1 N–H and O–H groups in total. The maximum Gasteiger partial charge on any atom is 0.270 e. The van der Waals surface area contributed by atoms with Gasteiger partial charge in [-0.3, -0.25) is 9.59 Å². The molecule has 5 heteroatoms. The Labute approximate surface area is 104 Å². The number of nitrogens with one attached hydrogen (secondary N) is 1. The van der Waals surface area contributed by atoms with E-state index in [0.717, 1.165) is 5.52 Å². The van der Waals surface area contributed by atoms with Crippen molar-refractivity contribution in [2.75, 3.05) is 21.2 Å². The van der Waals surface area contributed by atoms with Crippen LogP contribution in [0.25, 0.3) is 10.9 Å². The van der Waals surface area contributed by atoms with Crippen LogP contribution in [-0.4, -0.2) is 43.3 Å². The van der Waals surface area contributed by atoms with Crippen molar-refractivity contribution in [2.45, 2.75) is 0 Å². The van der Waals surface area contributed by atoms with E-state index in [1.54, 1.807) is 39.4 Å². The third-order valence-electron chi connectivity index (χ3n) is 2.78. The molecule has 0 atom stereocenters. The average molecular weight is 246 g/mol. The fourth-order valence-electron chi connectivity index (χ4n) is 1.83. The van der Waals surface area contributed by atoms with E-state index >= 15 is 0 Å². The van der Waals surface area contributed by atoms with Crippen molar-refractivity contribution in [1.29, 1.82) is 0 Å². The molecular formula is C13H14N2O3. The van der Waals surface area contributed by atoms with Crippen molar-refractivity contribution in [3.05, 3.63) is 29.5 Å². The lowest BCUT2D eigenvalue weighted by Crippen LogP contribution is -2.23. The van der Waals surface area contributed by atoms with E-state index < -0.39 is 0 Å². The van der Waals surface area contributed by atoms with Gasteiger partial charge in [0.1, 0.15) is 11.4 Å². The smallest absolute Gasteiger partial charge is 0.270 e. The summed E-state index contributed by atoms with van der Waals surface area (Å²) in [7, 11) is 4.84. The summed E-state index contributed by atoms with van der Waals surface area (Å²) in [5.41, 5.74) is 1.41. The Balaban J connectivity index is 2.69. The Hall–Kier alpha value is -2.30. The molecule has 0 unspecified atom stereocenters. The van der Waals surface area contributed by atoms with Gasteiger partial charge >= 0.3 is 0 Å². The number of carbonyl (C=O) groups excluding carboxylic acids is 2. The van der Waals surface area contributed by atoms with Gasteiger partial charge in [-0.15, -0.1) is 0 Å². The minimum atomic E-state index is -0.229. The molecule has 1 amide bonds. The Morgan fingerprint density at radius 3 is 2.67 bits per heavy atom. The molecule has 2 rings (SSSR count). The topological polar surface area (TPSA) is 62.4 Å². The first kappa shape index (κ1) is 12.2. The first-order valence-electron chi connectivity index (χ1n) is 5.45. The standard InChI is InChI=1S/C13H14N2O3/c1-15(2)13(17)12-10(7-16)9-6-8(18-3)4-5-11(9)14-12/h4-7,14H,1-3H3. The molecule has 1 aromatic heterocycles. The van der Waals surface area contributed by atoms with E-state index in [2.05, 4.69) is 4.98 Å². The SMILES string of the molecule is COc1ccc2[nH]c(C(=O)N(C)C)c(C=O)c2c1. The van der Waals surface area contributed by atoms with E-state index in [9.17, 15) is 9.59 Å². The van der Waals surface area contributed by atoms with Crippen molar-refractivity contribution in [3.8, 4) is 5.75 Å². The predicted octanol–water partition coefficient (Wildman–Crippen LogP) is 1.69. The van der Waals surface area contributed by atoms with E-state index in [1.165, 1.54) is 4.90 Å². The van der Waals surface area contributed by atoms with Crippen LogP contribution in [0.15, 0.2) is 18.2 Å². The van der Waals surface area contributed by atoms with Crippen LogP contribution >= 0.6 is 0 Å². The van der Waals surface area contributed by atoms with Crippen LogP contribution in [-0.2, 0) is 0 Å². The van der Waals surface area contributed by atoms with E-state index in [1.807, 2.05) is 0 Å². The predicted molar refractivity (Wildman–Crippen MR) is 68.3 cm³/mol. The highest BCUT2D eigenvalue weighted by Gasteiger charge is 2.18. The molecule has 0 fully saturated rings. The van der Waals surface area contributed by atoms with Gasteiger partial charge in [0, 0.05) is 25.0 Å². The Bertz CT molecular complexity index is 614. The van der Waals surface area contributed by atoms with Crippen molar-refractivity contribution in [3.63, 3.8) is 0 Å². The van der Waals surface area contributed by atoms with Crippen LogP contribution < -0.4 is 4.74 Å². The van der Waals surface area contributed by atoms with Crippen molar-refractivity contribution < 1.29 is 14.3 Å². The lowest BCUT2D eigenvalue weighted by Gasteiger charge is -2.08. The second kappa shape index (κ2) is 4.52. The molecule has 0 aliphatic carbocycles. The largest absolute Gasteiger partial charge is 0.497 e. The summed E-state index contributed by atoms with van der Waals surface area (Å²) in [6, 6.07) is 5.30. The molecule has 1 heterocycles. The zero-order valence-electron chi connectivity index (χ0n) is 10.5. The number of ether oxygens (including phenoxy) is 1. The number of H-pyrrole nitrogens is 1. The highest BCUT2D eigenvalue weighted by atomic mass is 16.5. The molecule has 0 saturated heterocycles. The molecule has 0 saturated carbocycles. The molecule has 0 bridgehead atoms. The van der Waals surface area contributed by atoms with Gasteiger partial charge in [-0.25, -0.2) is 0 Å². The van der Waals surface area contributed by atoms with Gasteiger partial charge in [0.05, 0.1) is 12.7 Å². The molecule has 5 nitrogen and oxygen atoms in total. The second-order valence-electron chi connectivity index (χ2n) is 4.14. The fraction of sp³-hybridized carbons (Fsp3) is 0.231. The van der Waals surface area contributed by atoms with Crippen LogP contribution in [0.3, 0.4) is 0 Å². The fourth-order valence-corrected chi connectivity index (χ4v) is 1.83. The molecule has 0 aliphatic heterocycles.